The number of hydrazone groups is 1. The lowest BCUT2D eigenvalue weighted by molar-refractivity contribution is -0.123. The number of ether oxygens (including phenoxy) is 1. The number of amides is 1. The number of hydrogen-bond acceptors (Lipinski definition) is 6. The summed E-state index contributed by atoms with van der Waals surface area (Å²) in [5.74, 6) is 0.198. The summed E-state index contributed by atoms with van der Waals surface area (Å²) >= 11 is 0. The second-order valence-corrected chi connectivity index (χ2v) is 8.13. The summed E-state index contributed by atoms with van der Waals surface area (Å²) in [7, 11) is 0. The third-order valence-corrected chi connectivity index (χ3v) is 4.53. The smallest absolute Gasteiger partial charge is 0.277 e. The van der Waals surface area contributed by atoms with Crippen LogP contribution in [0, 0.1) is 0 Å². The van der Waals surface area contributed by atoms with Gasteiger partial charge < -0.3 is 9.84 Å². The molecule has 0 aromatic heterocycles. The average Bonchev–Trinajstić information content (AvgIpc) is 2.78. The van der Waals surface area contributed by atoms with Crippen molar-refractivity contribution in [1.29, 1.82) is 0 Å². The lowest BCUT2D eigenvalue weighted by Gasteiger charge is -2.19. The molecule has 7 heteroatoms. The molecule has 3 aromatic rings. The van der Waals surface area contributed by atoms with Gasteiger partial charge in [-0.3, -0.25) is 4.79 Å². The molecule has 32 heavy (non-hydrogen) atoms. The molecule has 0 radical (unpaired) electrons. The van der Waals surface area contributed by atoms with Crippen molar-refractivity contribution in [2.45, 2.75) is 26.2 Å². The quantitative estimate of drug-likeness (QED) is 0.289. The predicted molar refractivity (Wildman–Crippen MR) is 125 cm³/mol. The first-order chi connectivity index (χ1) is 15.3. The molecule has 0 aliphatic rings. The van der Waals surface area contributed by atoms with Crippen LogP contribution in [0.1, 0.15) is 31.9 Å². The second kappa shape index (κ2) is 10.3. The minimum atomic E-state index is -0.416. The molecule has 2 N–H and O–H groups in total. The molecular formula is C25H26N4O3. The largest absolute Gasteiger partial charge is 0.507 e. The fourth-order valence-electron chi connectivity index (χ4n) is 2.72. The molecule has 0 saturated heterocycles. The molecule has 0 aliphatic carbocycles. The summed E-state index contributed by atoms with van der Waals surface area (Å²) in [6.45, 7) is 6.22. The Hall–Kier alpha value is -4.00. The van der Waals surface area contributed by atoms with E-state index < -0.39 is 5.91 Å². The van der Waals surface area contributed by atoms with E-state index in [1.165, 1.54) is 17.8 Å². The van der Waals surface area contributed by atoms with E-state index in [0.717, 1.165) is 5.69 Å². The number of azo groups is 1. The standard InChI is InChI=1S/C25H26N4O3/c1-25(2,3)19-9-12-22(13-10-19)32-17-24(31)29-26-16-18-15-21(11-14-23(18)30)28-27-20-7-5-4-6-8-20/h4-16,30H,17H2,1-3H3,(H,29,31). The molecule has 0 saturated carbocycles. The predicted octanol–water partition coefficient (Wildman–Crippen LogP) is 5.63. The number of nitrogens with one attached hydrogen (secondary N) is 1. The molecular weight excluding hydrogens is 404 g/mol. The van der Waals surface area contributed by atoms with E-state index in [4.69, 9.17) is 4.74 Å². The molecule has 0 spiro atoms. The lowest BCUT2D eigenvalue weighted by atomic mass is 9.87. The van der Waals surface area contributed by atoms with Gasteiger partial charge in [0.25, 0.3) is 5.91 Å². The highest BCUT2D eigenvalue weighted by atomic mass is 16.5. The van der Waals surface area contributed by atoms with Crippen LogP contribution in [0.3, 0.4) is 0 Å². The Kier molecular flexibility index (Phi) is 7.33. The van der Waals surface area contributed by atoms with E-state index in [1.54, 1.807) is 12.1 Å². The average molecular weight is 431 g/mol. The maximum absolute atomic E-state index is 12.0. The number of phenolic OH excluding ortho intramolecular Hbond substituents is 1. The number of carbonyl (C=O) groups is 1. The Labute approximate surface area is 187 Å². The summed E-state index contributed by atoms with van der Waals surface area (Å²) in [6.07, 6.45) is 1.34. The number of phenols is 1. The first-order valence-electron chi connectivity index (χ1n) is 10.2. The molecule has 7 nitrogen and oxygen atoms in total. The van der Waals surface area contributed by atoms with Crippen LogP contribution < -0.4 is 10.2 Å². The van der Waals surface area contributed by atoms with Crippen LogP contribution in [-0.4, -0.2) is 23.8 Å². The monoisotopic (exact) mass is 430 g/mol. The van der Waals surface area contributed by atoms with Crippen LogP contribution in [0.4, 0.5) is 11.4 Å². The molecule has 0 heterocycles. The van der Waals surface area contributed by atoms with Crippen LogP contribution in [0.15, 0.2) is 88.1 Å². The zero-order valence-corrected chi connectivity index (χ0v) is 18.3. The van der Waals surface area contributed by atoms with Gasteiger partial charge in [-0.2, -0.15) is 15.3 Å². The van der Waals surface area contributed by atoms with Crippen LogP contribution in [-0.2, 0) is 10.2 Å². The third kappa shape index (κ3) is 6.77. The Morgan fingerprint density at radius 1 is 0.969 bits per heavy atom. The van der Waals surface area contributed by atoms with Crippen molar-refractivity contribution in [3.8, 4) is 11.5 Å². The van der Waals surface area contributed by atoms with Gasteiger partial charge in [0, 0.05) is 5.56 Å². The van der Waals surface area contributed by atoms with Crippen LogP contribution in [0.5, 0.6) is 11.5 Å². The molecule has 0 unspecified atom stereocenters. The van der Waals surface area contributed by atoms with Gasteiger partial charge in [-0.15, -0.1) is 0 Å². The van der Waals surface area contributed by atoms with E-state index in [-0.39, 0.29) is 17.8 Å². The molecule has 0 aliphatic heterocycles. The zero-order valence-electron chi connectivity index (χ0n) is 18.3. The van der Waals surface area contributed by atoms with Gasteiger partial charge in [0.1, 0.15) is 11.5 Å². The van der Waals surface area contributed by atoms with Gasteiger partial charge >= 0.3 is 0 Å². The molecule has 3 rings (SSSR count). The minimum absolute atomic E-state index is 0.0110. The Balaban J connectivity index is 1.53. The van der Waals surface area contributed by atoms with Gasteiger partial charge in [-0.25, -0.2) is 5.43 Å². The van der Waals surface area contributed by atoms with E-state index >= 15 is 0 Å². The maximum atomic E-state index is 12.0. The Bertz CT molecular complexity index is 1100. The summed E-state index contributed by atoms with van der Waals surface area (Å²) in [6, 6.07) is 21.7. The maximum Gasteiger partial charge on any atom is 0.277 e. The molecule has 0 fully saturated rings. The molecule has 164 valence electrons. The fraction of sp³-hybridized carbons (Fsp3) is 0.200. The SMILES string of the molecule is CC(C)(C)c1ccc(OCC(=O)NN=Cc2cc(N=Nc3ccccc3)ccc2O)cc1. The summed E-state index contributed by atoms with van der Waals surface area (Å²) < 4.78 is 5.49. The van der Waals surface area contributed by atoms with E-state index in [1.807, 2.05) is 54.6 Å². The van der Waals surface area contributed by atoms with Crippen LogP contribution in [0.2, 0.25) is 0 Å². The second-order valence-electron chi connectivity index (χ2n) is 8.13. The highest BCUT2D eigenvalue weighted by Gasteiger charge is 2.13. The molecule has 3 aromatic carbocycles. The van der Waals surface area contributed by atoms with E-state index in [2.05, 4.69) is 41.5 Å². The van der Waals surface area contributed by atoms with Crippen molar-refractivity contribution in [2.24, 2.45) is 15.3 Å². The molecule has 0 atom stereocenters. The van der Waals surface area contributed by atoms with Gasteiger partial charge in [0.2, 0.25) is 0 Å². The van der Waals surface area contributed by atoms with Gasteiger partial charge in [0.15, 0.2) is 6.61 Å². The summed E-state index contributed by atoms with van der Waals surface area (Å²) in [5, 5.41) is 22.2. The van der Waals surface area contributed by atoms with Gasteiger partial charge in [0.05, 0.1) is 17.6 Å². The molecule has 0 bridgehead atoms. The highest BCUT2D eigenvalue weighted by Crippen LogP contribution is 2.25. The minimum Gasteiger partial charge on any atom is -0.507 e. The number of rotatable bonds is 7. The summed E-state index contributed by atoms with van der Waals surface area (Å²) in [4.78, 5) is 12.0. The van der Waals surface area contributed by atoms with E-state index in [9.17, 15) is 9.90 Å². The summed E-state index contributed by atoms with van der Waals surface area (Å²) in [5.41, 5.74) is 5.28. The normalized spacial score (nSPS) is 11.7. The number of carbonyl (C=O) groups excluding carboxylic acids is 1. The van der Waals surface area contributed by atoms with Crippen molar-refractivity contribution in [1.82, 2.24) is 5.43 Å². The van der Waals surface area contributed by atoms with Crippen LogP contribution >= 0.6 is 0 Å². The van der Waals surface area contributed by atoms with Crippen molar-refractivity contribution in [3.05, 3.63) is 83.9 Å². The number of nitrogens with zero attached hydrogens (tertiary/aromatic N) is 3. The topological polar surface area (TPSA) is 95.6 Å². The third-order valence-electron chi connectivity index (χ3n) is 4.53. The van der Waals surface area contributed by atoms with Crippen molar-refractivity contribution in [3.63, 3.8) is 0 Å². The fourth-order valence-corrected chi connectivity index (χ4v) is 2.72. The first kappa shape index (κ1) is 22.7. The Morgan fingerprint density at radius 3 is 2.34 bits per heavy atom. The lowest BCUT2D eigenvalue weighted by Crippen LogP contribution is -2.24. The first-order valence-corrected chi connectivity index (χ1v) is 10.2. The van der Waals surface area contributed by atoms with Crippen LogP contribution in [0.25, 0.3) is 0 Å². The highest BCUT2D eigenvalue weighted by molar-refractivity contribution is 5.86. The van der Waals surface area contributed by atoms with Gasteiger partial charge in [-0.1, -0.05) is 51.1 Å². The number of benzene rings is 3. The van der Waals surface area contributed by atoms with Crippen molar-refractivity contribution >= 4 is 23.5 Å². The number of hydrogen-bond donors (Lipinski definition) is 2. The van der Waals surface area contributed by atoms with Gasteiger partial charge in [-0.05, 0) is 53.4 Å². The van der Waals surface area contributed by atoms with E-state index in [0.29, 0.717) is 17.0 Å². The Morgan fingerprint density at radius 2 is 1.66 bits per heavy atom. The zero-order chi connectivity index (χ0) is 23.0. The van der Waals surface area contributed by atoms with Crippen molar-refractivity contribution < 1.29 is 14.6 Å². The molecule has 1 amide bonds. The number of aromatic hydroxyl groups is 1. The van der Waals surface area contributed by atoms with Crippen molar-refractivity contribution in [2.75, 3.05) is 6.61 Å².